The molecule has 1 N–H and O–H groups in total. The van der Waals surface area contributed by atoms with Crippen LogP contribution in [0, 0.1) is 0 Å². The predicted molar refractivity (Wildman–Crippen MR) is 39.1 cm³/mol. The summed E-state index contributed by atoms with van der Waals surface area (Å²) >= 11 is 1.22. The SMILES string of the molecule is O=C(OP)[C@@H]1O[C@H](O)CS1. The fraction of sp³-hybridized carbons (Fsp3) is 0.750. The van der Waals surface area contributed by atoms with Gasteiger partial charge in [0.05, 0.1) is 9.47 Å². The van der Waals surface area contributed by atoms with Crippen LogP contribution in [0.3, 0.4) is 0 Å². The average Bonchev–Trinajstić information content (AvgIpc) is 2.34. The van der Waals surface area contributed by atoms with E-state index in [0.717, 1.165) is 0 Å². The minimum atomic E-state index is -0.834. The molecule has 0 radical (unpaired) electrons. The molecule has 3 atom stereocenters. The summed E-state index contributed by atoms with van der Waals surface area (Å²) in [6, 6.07) is 0. The van der Waals surface area contributed by atoms with E-state index in [0.29, 0.717) is 5.75 Å². The highest BCUT2D eigenvalue weighted by Gasteiger charge is 2.30. The molecule has 0 spiro atoms. The second-order valence-electron chi connectivity index (χ2n) is 1.69. The van der Waals surface area contributed by atoms with Gasteiger partial charge in [-0.3, -0.25) is 0 Å². The number of ether oxygens (including phenoxy) is 1. The van der Waals surface area contributed by atoms with E-state index in [-0.39, 0.29) is 0 Å². The average molecular weight is 182 g/mol. The molecule has 0 bridgehead atoms. The van der Waals surface area contributed by atoms with Crippen LogP contribution in [-0.2, 0) is 14.1 Å². The van der Waals surface area contributed by atoms with Crippen molar-refractivity contribution >= 4 is 27.2 Å². The Morgan fingerprint density at radius 1 is 1.90 bits per heavy atom. The lowest BCUT2D eigenvalue weighted by Crippen LogP contribution is -2.19. The zero-order chi connectivity index (χ0) is 7.56. The number of hydrogen-bond donors (Lipinski definition) is 1. The molecule has 1 aliphatic heterocycles. The van der Waals surface area contributed by atoms with Crippen molar-refractivity contribution in [3.05, 3.63) is 0 Å². The number of carbonyl (C=O) groups is 1. The maximum atomic E-state index is 10.7. The van der Waals surface area contributed by atoms with Crippen molar-refractivity contribution in [2.45, 2.75) is 11.7 Å². The summed E-state index contributed by atoms with van der Waals surface area (Å²) in [5, 5.41) is 8.79. The summed E-state index contributed by atoms with van der Waals surface area (Å²) in [7, 11) is 1.84. The van der Waals surface area contributed by atoms with Gasteiger partial charge in [-0.2, -0.15) is 0 Å². The molecule has 0 amide bonds. The van der Waals surface area contributed by atoms with Crippen LogP contribution in [-0.4, -0.2) is 28.6 Å². The van der Waals surface area contributed by atoms with Gasteiger partial charge in [0.2, 0.25) is 5.44 Å². The van der Waals surface area contributed by atoms with Crippen LogP contribution in [0.1, 0.15) is 0 Å². The van der Waals surface area contributed by atoms with E-state index in [4.69, 9.17) is 9.84 Å². The Hall–Kier alpha value is 0.170. The van der Waals surface area contributed by atoms with Crippen LogP contribution in [0.2, 0.25) is 0 Å². The fourth-order valence-corrected chi connectivity index (χ4v) is 1.61. The molecule has 0 saturated carbocycles. The van der Waals surface area contributed by atoms with E-state index in [1.54, 1.807) is 0 Å². The molecule has 10 heavy (non-hydrogen) atoms. The zero-order valence-electron chi connectivity index (χ0n) is 5.02. The molecule has 6 heteroatoms. The number of aliphatic hydroxyl groups is 1. The van der Waals surface area contributed by atoms with Gasteiger partial charge < -0.3 is 14.4 Å². The smallest absolute Gasteiger partial charge is 0.348 e. The highest BCUT2D eigenvalue weighted by Crippen LogP contribution is 2.24. The van der Waals surface area contributed by atoms with Gasteiger partial charge in [-0.1, -0.05) is 0 Å². The first-order valence-corrected chi connectivity index (χ1v) is 4.12. The molecule has 1 unspecified atom stereocenters. The van der Waals surface area contributed by atoms with Crippen LogP contribution < -0.4 is 0 Å². The monoisotopic (exact) mass is 182 g/mol. The number of carbonyl (C=O) groups excluding carboxylic acids is 1. The topological polar surface area (TPSA) is 55.8 Å². The largest absolute Gasteiger partial charge is 0.449 e. The van der Waals surface area contributed by atoms with Crippen LogP contribution in [0.5, 0.6) is 0 Å². The van der Waals surface area contributed by atoms with Crippen LogP contribution in [0.4, 0.5) is 0 Å². The van der Waals surface area contributed by atoms with Gasteiger partial charge in [0.25, 0.3) is 0 Å². The summed E-state index contributed by atoms with van der Waals surface area (Å²) in [6.45, 7) is 0. The quantitative estimate of drug-likeness (QED) is 0.565. The van der Waals surface area contributed by atoms with Gasteiger partial charge in [-0.25, -0.2) is 4.79 Å². The van der Waals surface area contributed by atoms with Crippen molar-refractivity contribution in [3.63, 3.8) is 0 Å². The first-order chi connectivity index (χ1) is 4.74. The van der Waals surface area contributed by atoms with Gasteiger partial charge in [-0.15, -0.1) is 11.8 Å². The second-order valence-corrected chi connectivity index (χ2v) is 3.02. The van der Waals surface area contributed by atoms with Crippen molar-refractivity contribution in [3.8, 4) is 0 Å². The van der Waals surface area contributed by atoms with E-state index in [1.165, 1.54) is 11.8 Å². The van der Waals surface area contributed by atoms with E-state index >= 15 is 0 Å². The van der Waals surface area contributed by atoms with Crippen molar-refractivity contribution in [2.75, 3.05) is 5.75 Å². The number of hydrogen-bond acceptors (Lipinski definition) is 5. The molecular formula is C4H7O4PS. The Bertz CT molecular complexity index is 141. The Morgan fingerprint density at radius 2 is 2.60 bits per heavy atom. The molecule has 58 valence electrons. The number of rotatable bonds is 1. The van der Waals surface area contributed by atoms with E-state index in [1.807, 2.05) is 9.47 Å². The molecule has 1 saturated heterocycles. The summed E-state index contributed by atoms with van der Waals surface area (Å²) in [5.41, 5.74) is -0.660. The van der Waals surface area contributed by atoms with Gasteiger partial charge in [-0.05, 0) is 0 Å². The lowest BCUT2D eigenvalue weighted by molar-refractivity contribution is -0.150. The van der Waals surface area contributed by atoms with Crippen molar-refractivity contribution in [2.24, 2.45) is 0 Å². The lowest BCUT2D eigenvalue weighted by Gasteiger charge is -2.04. The standard InChI is InChI=1S/C4H7O4PS/c5-2-1-10-4(7-2)3(6)8-9/h2,4-5H,1,9H2/t2-,4+/m0/s1. The first-order valence-electron chi connectivity index (χ1n) is 2.59. The summed E-state index contributed by atoms with van der Waals surface area (Å²) in [4.78, 5) is 10.7. The van der Waals surface area contributed by atoms with E-state index in [9.17, 15) is 4.79 Å². The third-order valence-corrected chi connectivity index (χ3v) is 2.30. The zero-order valence-corrected chi connectivity index (χ0v) is 6.99. The van der Waals surface area contributed by atoms with Crippen LogP contribution in [0.25, 0.3) is 0 Å². The van der Waals surface area contributed by atoms with Gasteiger partial charge in [0, 0.05) is 5.75 Å². The Balaban J connectivity index is 2.37. The highest BCUT2D eigenvalue weighted by atomic mass is 32.2. The minimum Gasteiger partial charge on any atom is -0.449 e. The molecule has 4 nitrogen and oxygen atoms in total. The maximum Gasteiger partial charge on any atom is 0.348 e. The van der Waals surface area contributed by atoms with Crippen LogP contribution >= 0.6 is 21.2 Å². The van der Waals surface area contributed by atoms with Gasteiger partial charge in [0.1, 0.15) is 0 Å². The third kappa shape index (κ3) is 1.83. The lowest BCUT2D eigenvalue weighted by atomic mass is 10.7. The highest BCUT2D eigenvalue weighted by molar-refractivity contribution is 8.00. The Labute approximate surface area is 64.6 Å². The molecule has 1 aliphatic rings. The third-order valence-electron chi connectivity index (χ3n) is 0.979. The van der Waals surface area contributed by atoms with Crippen LogP contribution in [0.15, 0.2) is 0 Å². The Morgan fingerprint density at radius 3 is 3.00 bits per heavy atom. The summed E-state index contributed by atoms with van der Waals surface area (Å²) in [6.07, 6.45) is -0.834. The molecule has 0 aromatic rings. The second kappa shape index (κ2) is 3.53. The fourth-order valence-electron chi connectivity index (χ4n) is 0.570. The normalized spacial score (nSPS) is 32.2. The molecule has 1 heterocycles. The van der Waals surface area contributed by atoms with E-state index in [2.05, 4.69) is 4.52 Å². The predicted octanol–water partition coefficient (Wildman–Crippen LogP) is -0.272. The minimum absolute atomic E-state index is 0.421. The number of aliphatic hydroxyl groups excluding tert-OH is 1. The number of thioether (sulfide) groups is 1. The maximum absolute atomic E-state index is 10.7. The van der Waals surface area contributed by atoms with E-state index < -0.39 is 17.7 Å². The van der Waals surface area contributed by atoms with Crippen molar-refractivity contribution in [1.29, 1.82) is 0 Å². The molecule has 1 rings (SSSR count). The summed E-state index contributed by atoms with van der Waals surface area (Å²) < 4.78 is 9.05. The van der Waals surface area contributed by atoms with Gasteiger partial charge >= 0.3 is 5.97 Å². The Kier molecular flexibility index (Phi) is 2.92. The first kappa shape index (κ1) is 8.27. The van der Waals surface area contributed by atoms with Crippen molar-refractivity contribution in [1.82, 2.24) is 0 Å². The molecule has 1 fully saturated rings. The molecule has 0 aliphatic carbocycles. The van der Waals surface area contributed by atoms with Crippen molar-refractivity contribution < 1.29 is 19.2 Å². The summed E-state index contributed by atoms with van der Waals surface area (Å²) in [5.74, 6) is -0.0590. The molecular weight excluding hydrogens is 175 g/mol. The van der Waals surface area contributed by atoms with Gasteiger partial charge in [0.15, 0.2) is 6.29 Å². The molecule has 0 aromatic heterocycles. The molecule has 0 aromatic carbocycles.